The number of hydrogen-bond acceptors (Lipinski definition) is 2. The summed E-state index contributed by atoms with van der Waals surface area (Å²) in [5, 5.41) is 13.9. The standard InChI is InChI=1S/C12H12BrClN2O/c1-8-11(6-7-17)12(14)16(15-8)10-4-2-9(13)3-5-10/h2-5,17H,6-7H2,1H3. The molecule has 1 aromatic carbocycles. The third-order valence-electron chi connectivity index (χ3n) is 2.55. The maximum Gasteiger partial charge on any atom is 0.136 e. The van der Waals surface area contributed by atoms with Crippen molar-refractivity contribution in [2.75, 3.05) is 6.61 Å². The Labute approximate surface area is 113 Å². The number of aryl methyl sites for hydroxylation is 1. The fraction of sp³-hybridized carbons (Fsp3) is 0.250. The quantitative estimate of drug-likeness (QED) is 0.945. The van der Waals surface area contributed by atoms with Crippen LogP contribution in [-0.4, -0.2) is 21.5 Å². The molecule has 0 aliphatic rings. The second-order valence-electron chi connectivity index (χ2n) is 3.72. The number of aliphatic hydroxyl groups excluding tert-OH is 1. The van der Waals surface area contributed by atoms with Gasteiger partial charge in [0.2, 0.25) is 0 Å². The lowest BCUT2D eigenvalue weighted by molar-refractivity contribution is 0.299. The lowest BCUT2D eigenvalue weighted by Gasteiger charge is -2.03. The topological polar surface area (TPSA) is 38.0 Å². The minimum atomic E-state index is 0.0760. The van der Waals surface area contributed by atoms with Crippen LogP contribution < -0.4 is 0 Å². The number of aliphatic hydroxyl groups is 1. The molecule has 0 saturated carbocycles. The van der Waals surface area contributed by atoms with Crippen LogP contribution in [-0.2, 0) is 6.42 Å². The highest BCUT2D eigenvalue weighted by Gasteiger charge is 2.13. The highest BCUT2D eigenvalue weighted by atomic mass is 79.9. The van der Waals surface area contributed by atoms with Gasteiger partial charge in [-0.15, -0.1) is 0 Å². The van der Waals surface area contributed by atoms with E-state index in [2.05, 4.69) is 21.0 Å². The molecule has 0 fully saturated rings. The number of hydrogen-bond donors (Lipinski definition) is 1. The van der Waals surface area contributed by atoms with Gasteiger partial charge in [0.15, 0.2) is 0 Å². The molecule has 0 atom stereocenters. The van der Waals surface area contributed by atoms with Gasteiger partial charge in [0.05, 0.1) is 11.4 Å². The summed E-state index contributed by atoms with van der Waals surface area (Å²) in [6, 6.07) is 7.75. The van der Waals surface area contributed by atoms with Crippen LogP contribution in [0.5, 0.6) is 0 Å². The first kappa shape index (κ1) is 12.6. The average Bonchev–Trinajstić information content (AvgIpc) is 2.59. The molecule has 0 amide bonds. The van der Waals surface area contributed by atoms with Crippen LogP contribution in [0.25, 0.3) is 5.69 Å². The molecule has 0 bridgehead atoms. The summed E-state index contributed by atoms with van der Waals surface area (Å²) in [6.07, 6.45) is 0.529. The van der Waals surface area contributed by atoms with Crippen LogP contribution in [0.3, 0.4) is 0 Å². The molecule has 17 heavy (non-hydrogen) atoms. The molecule has 1 heterocycles. The van der Waals surface area contributed by atoms with Gasteiger partial charge >= 0.3 is 0 Å². The third-order valence-corrected chi connectivity index (χ3v) is 3.47. The van der Waals surface area contributed by atoms with E-state index in [1.54, 1.807) is 4.68 Å². The number of nitrogens with zero attached hydrogens (tertiary/aromatic N) is 2. The predicted molar refractivity (Wildman–Crippen MR) is 71.8 cm³/mol. The van der Waals surface area contributed by atoms with E-state index in [0.29, 0.717) is 11.6 Å². The second-order valence-corrected chi connectivity index (χ2v) is 4.99. The molecule has 0 aliphatic carbocycles. The summed E-state index contributed by atoms with van der Waals surface area (Å²) in [4.78, 5) is 0. The second kappa shape index (κ2) is 5.21. The van der Waals surface area contributed by atoms with E-state index in [1.165, 1.54) is 0 Å². The Morgan fingerprint density at radius 3 is 2.59 bits per heavy atom. The maximum atomic E-state index is 8.98. The molecule has 0 saturated heterocycles. The maximum absolute atomic E-state index is 8.98. The molecule has 0 unspecified atom stereocenters. The first-order chi connectivity index (χ1) is 8.13. The number of rotatable bonds is 3. The molecular formula is C12H12BrClN2O. The van der Waals surface area contributed by atoms with Gasteiger partial charge in [-0.3, -0.25) is 0 Å². The fourth-order valence-electron chi connectivity index (χ4n) is 1.68. The van der Waals surface area contributed by atoms with Gasteiger partial charge in [-0.2, -0.15) is 5.10 Å². The third kappa shape index (κ3) is 2.54. The van der Waals surface area contributed by atoms with Crippen LogP contribution in [0.2, 0.25) is 5.15 Å². The van der Waals surface area contributed by atoms with E-state index in [4.69, 9.17) is 16.7 Å². The first-order valence-corrected chi connectivity index (χ1v) is 6.41. The highest BCUT2D eigenvalue weighted by Crippen LogP contribution is 2.24. The fourth-order valence-corrected chi connectivity index (χ4v) is 2.31. The first-order valence-electron chi connectivity index (χ1n) is 5.24. The van der Waals surface area contributed by atoms with Crippen molar-refractivity contribution in [2.24, 2.45) is 0 Å². The smallest absolute Gasteiger partial charge is 0.136 e. The van der Waals surface area contributed by atoms with Gasteiger partial charge in [-0.1, -0.05) is 27.5 Å². The molecule has 2 aromatic rings. The molecule has 0 radical (unpaired) electrons. The summed E-state index contributed by atoms with van der Waals surface area (Å²) in [6.45, 7) is 1.97. The average molecular weight is 316 g/mol. The molecule has 5 heteroatoms. The number of benzene rings is 1. The van der Waals surface area contributed by atoms with Crippen molar-refractivity contribution in [3.05, 3.63) is 45.1 Å². The van der Waals surface area contributed by atoms with Crippen LogP contribution in [0.1, 0.15) is 11.3 Å². The molecule has 2 rings (SSSR count). The van der Waals surface area contributed by atoms with Gasteiger partial charge in [-0.25, -0.2) is 4.68 Å². The summed E-state index contributed by atoms with van der Waals surface area (Å²) < 4.78 is 2.70. The molecule has 3 nitrogen and oxygen atoms in total. The van der Waals surface area contributed by atoms with Gasteiger partial charge in [0, 0.05) is 23.1 Å². The Hall–Kier alpha value is -0.840. The molecule has 1 N–H and O–H groups in total. The van der Waals surface area contributed by atoms with Crippen molar-refractivity contribution in [1.82, 2.24) is 9.78 Å². The Kier molecular flexibility index (Phi) is 3.86. The Balaban J connectivity index is 2.46. The van der Waals surface area contributed by atoms with Crippen LogP contribution in [0.15, 0.2) is 28.7 Å². The Bertz CT molecular complexity index is 522. The molecular weight excluding hydrogens is 304 g/mol. The molecule has 0 aliphatic heterocycles. The summed E-state index contributed by atoms with van der Waals surface area (Å²) in [5.74, 6) is 0. The van der Waals surface area contributed by atoms with E-state index < -0.39 is 0 Å². The van der Waals surface area contributed by atoms with Crippen LogP contribution in [0, 0.1) is 6.92 Å². The van der Waals surface area contributed by atoms with Crippen molar-refractivity contribution in [3.63, 3.8) is 0 Å². The number of aromatic nitrogens is 2. The molecule has 1 aromatic heterocycles. The van der Waals surface area contributed by atoms with E-state index in [9.17, 15) is 0 Å². The van der Waals surface area contributed by atoms with Crippen molar-refractivity contribution in [2.45, 2.75) is 13.3 Å². The minimum Gasteiger partial charge on any atom is -0.396 e. The van der Waals surface area contributed by atoms with Crippen LogP contribution in [0.4, 0.5) is 0 Å². The highest BCUT2D eigenvalue weighted by molar-refractivity contribution is 9.10. The van der Waals surface area contributed by atoms with E-state index in [1.807, 2.05) is 31.2 Å². The van der Waals surface area contributed by atoms with Gasteiger partial charge in [-0.05, 0) is 31.2 Å². The van der Waals surface area contributed by atoms with E-state index in [-0.39, 0.29) is 6.61 Å². The summed E-state index contributed by atoms with van der Waals surface area (Å²) in [5.41, 5.74) is 2.66. The van der Waals surface area contributed by atoms with Gasteiger partial charge in [0.1, 0.15) is 5.15 Å². The normalized spacial score (nSPS) is 10.8. The van der Waals surface area contributed by atoms with Crippen molar-refractivity contribution < 1.29 is 5.11 Å². The number of halogens is 2. The zero-order valence-electron chi connectivity index (χ0n) is 9.32. The van der Waals surface area contributed by atoms with Crippen molar-refractivity contribution in [3.8, 4) is 5.69 Å². The summed E-state index contributed by atoms with van der Waals surface area (Å²) >= 11 is 9.65. The zero-order chi connectivity index (χ0) is 12.4. The molecule has 90 valence electrons. The van der Waals surface area contributed by atoms with E-state index in [0.717, 1.165) is 21.4 Å². The van der Waals surface area contributed by atoms with Crippen LogP contribution >= 0.6 is 27.5 Å². The predicted octanol–water partition coefficient (Wildman–Crippen LogP) is 3.13. The van der Waals surface area contributed by atoms with Gasteiger partial charge in [0.25, 0.3) is 0 Å². The minimum absolute atomic E-state index is 0.0760. The van der Waals surface area contributed by atoms with Crippen molar-refractivity contribution in [1.29, 1.82) is 0 Å². The lowest BCUT2D eigenvalue weighted by Crippen LogP contribution is -1.96. The Morgan fingerprint density at radius 2 is 2.00 bits per heavy atom. The van der Waals surface area contributed by atoms with Gasteiger partial charge < -0.3 is 5.11 Å². The van der Waals surface area contributed by atoms with Crippen molar-refractivity contribution >= 4 is 27.5 Å². The Morgan fingerprint density at radius 1 is 1.35 bits per heavy atom. The zero-order valence-corrected chi connectivity index (χ0v) is 11.7. The summed E-state index contributed by atoms with van der Waals surface area (Å²) in [7, 11) is 0. The van der Waals surface area contributed by atoms with E-state index >= 15 is 0 Å². The SMILES string of the molecule is Cc1nn(-c2ccc(Br)cc2)c(Cl)c1CCO. The monoisotopic (exact) mass is 314 g/mol. The largest absolute Gasteiger partial charge is 0.396 e. The molecule has 0 spiro atoms. The lowest BCUT2D eigenvalue weighted by atomic mass is 10.2.